The summed E-state index contributed by atoms with van der Waals surface area (Å²) in [5.74, 6) is 1.19. The predicted molar refractivity (Wildman–Crippen MR) is 121 cm³/mol. The van der Waals surface area contributed by atoms with Gasteiger partial charge in [-0.05, 0) is 22.6 Å². The first-order valence-electron chi connectivity index (χ1n) is 9.68. The number of rotatable bonds is 9. The molecule has 2 aromatic carbocycles. The SMILES string of the molecule is O=C(CSc1n[nH]c(Cc2cccs2)n1)N(Cc1ccccc1)Cc1ccccc1. The molecular formula is C23H22N4OS2. The van der Waals surface area contributed by atoms with Gasteiger partial charge in [0.1, 0.15) is 5.82 Å². The third-order valence-electron chi connectivity index (χ3n) is 4.54. The first-order chi connectivity index (χ1) is 14.8. The number of aromatic amines is 1. The summed E-state index contributed by atoms with van der Waals surface area (Å²) in [6.07, 6.45) is 0.729. The Morgan fingerprint density at radius 3 is 2.20 bits per heavy atom. The van der Waals surface area contributed by atoms with Crippen LogP contribution in [0.4, 0.5) is 0 Å². The summed E-state index contributed by atoms with van der Waals surface area (Å²) in [4.78, 5) is 20.7. The Labute approximate surface area is 184 Å². The Balaban J connectivity index is 1.39. The lowest BCUT2D eigenvalue weighted by atomic mass is 10.1. The number of aromatic nitrogens is 3. The first-order valence-corrected chi connectivity index (χ1v) is 11.5. The second-order valence-corrected chi connectivity index (χ2v) is 8.81. The Bertz CT molecular complexity index is 1010. The first kappa shape index (κ1) is 20.4. The highest BCUT2D eigenvalue weighted by atomic mass is 32.2. The second-order valence-electron chi connectivity index (χ2n) is 6.83. The summed E-state index contributed by atoms with van der Waals surface area (Å²) in [5.41, 5.74) is 2.23. The molecule has 4 aromatic rings. The third kappa shape index (κ3) is 5.81. The average Bonchev–Trinajstić information content (AvgIpc) is 3.45. The number of amides is 1. The van der Waals surface area contributed by atoms with Crippen molar-refractivity contribution in [1.82, 2.24) is 20.1 Å². The number of nitrogens with one attached hydrogen (secondary N) is 1. The second kappa shape index (κ2) is 10.2. The zero-order chi connectivity index (χ0) is 20.6. The molecule has 1 amide bonds. The van der Waals surface area contributed by atoms with E-state index >= 15 is 0 Å². The van der Waals surface area contributed by atoms with E-state index < -0.39 is 0 Å². The lowest BCUT2D eigenvalue weighted by molar-refractivity contribution is -0.129. The minimum absolute atomic E-state index is 0.0670. The van der Waals surface area contributed by atoms with Crippen LogP contribution in [0.15, 0.2) is 83.3 Å². The van der Waals surface area contributed by atoms with Crippen LogP contribution in [0.3, 0.4) is 0 Å². The molecule has 0 aliphatic carbocycles. The van der Waals surface area contributed by atoms with Crippen molar-refractivity contribution in [2.75, 3.05) is 5.75 Å². The zero-order valence-electron chi connectivity index (χ0n) is 16.4. The highest BCUT2D eigenvalue weighted by Gasteiger charge is 2.16. The van der Waals surface area contributed by atoms with E-state index in [1.165, 1.54) is 16.6 Å². The van der Waals surface area contributed by atoms with Gasteiger partial charge in [-0.2, -0.15) is 0 Å². The molecule has 0 saturated carbocycles. The van der Waals surface area contributed by atoms with Crippen LogP contribution in [-0.2, 0) is 24.3 Å². The molecule has 0 aliphatic heterocycles. The molecule has 0 atom stereocenters. The van der Waals surface area contributed by atoms with Gasteiger partial charge in [0.2, 0.25) is 11.1 Å². The van der Waals surface area contributed by atoms with Crippen LogP contribution < -0.4 is 0 Å². The quantitative estimate of drug-likeness (QED) is 0.385. The van der Waals surface area contributed by atoms with Crippen LogP contribution in [0.25, 0.3) is 0 Å². The van der Waals surface area contributed by atoms with E-state index in [1.807, 2.05) is 77.0 Å². The van der Waals surface area contributed by atoms with Crippen molar-refractivity contribution in [3.8, 4) is 0 Å². The topological polar surface area (TPSA) is 61.9 Å². The number of thiophene rings is 1. The molecule has 1 N–H and O–H groups in total. The molecule has 0 saturated heterocycles. The number of hydrogen-bond donors (Lipinski definition) is 1. The molecule has 0 unspecified atom stereocenters. The molecule has 0 spiro atoms. The number of carbonyl (C=O) groups excluding carboxylic acids is 1. The van der Waals surface area contributed by atoms with Crippen molar-refractivity contribution >= 4 is 29.0 Å². The van der Waals surface area contributed by atoms with E-state index in [4.69, 9.17) is 0 Å². The van der Waals surface area contributed by atoms with Gasteiger partial charge in [-0.25, -0.2) is 4.98 Å². The van der Waals surface area contributed by atoms with Crippen molar-refractivity contribution in [3.63, 3.8) is 0 Å². The van der Waals surface area contributed by atoms with Crippen molar-refractivity contribution < 1.29 is 4.79 Å². The molecule has 4 rings (SSSR count). The molecule has 0 bridgehead atoms. The lowest BCUT2D eigenvalue weighted by Gasteiger charge is -2.23. The molecule has 2 heterocycles. The van der Waals surface area contributed by atoms with E-state index in [0.717, 1.165) is 23.4 Å². The van der Waals surface area contributed by atoms with Crippen LogP contribution in [0.5, 0.6) is 0 Å². The fourth-order valence-electron chi connectivity index (χ4n) is 3.06. The van der Waals surface area contributed by atoms with Crippen LogP contribution in [0.1, 0.15) is 21.8 Å². The highest BCUT2D eigenvalue weighted by molar-refractivity contribution is 7.99. The van der Waals surface area contributed by atoms with Crippen LogP contribution in [-0.4, -0.2) is 31.7 Å². The van der Waals surface area contributed by atoms with Crippen molar-refractivity contribution in [3.05, 3.63) is 100 Å². The minimum Gasteiger partial charge on any atom is -0.333 e. The van der Waals surface area contributed by atoms with Crippen molar-refractivity contribution in [2.24, 2.45) is 0 Å². The molecular weight excluding hydrogens is 412 g/mol. The standard InChI is InChI=1S/C23H22N4OS2/c28-22(17-30-23-24-21(25-26-23)14-20-12-7-13-29-20)27(15-18-8-3-1-4-9-18)16-19-10-5-2-6-11-19/h1-13H,14-17H2,(H,24,25,26). The van der Waals surface area contributed by atoms with Gasteiger partial charge in [0.05, 0.1) is 5.75 Å². The predicted octanol–water partition coefficient (Wildman–Crippen LogP) is 4.78. The molecule has 0 fully saturated rings. The Morgan fingerprint density at radius 1 is 0.933 bits per heavy atom. The number of thioether (sulfide) groups is 1. The monoisotopic (exact) mass is 434 g/mol. The zero-order valence-corrected chi connectivity index (χ0v) is 18.0. The maximum Gasteiger partial charge on any atom is 0.233 e. The van der Waals surface area contributed by atoms with Gasteiger partial charge in [0.15, 0.2) is 0 Å². The van der Waals surface area contributed by atoms with Gasteiger partial charge in [0.25, 0.3) is 0 Å². The van der Waals surface area contributed by atoms with E-state index in [9.17, 15) is 4.79 Å². The maximum absolute atomic E-state index is 13.0. The average molecular weight is 435 g/mol. The van der Waals surface area contributed by atoms with E-state index in [1.54, 1.807) is 11.3 Å². The van der Waals surface area contributed by atoms with Crippen LogP contribution in [0.2, 0.25) is 0 Å². The normalized spacial score (nSPS) is 10.8. The van der Waals surface area contributed by atoms with Gasteiger partial charge in [-0.1, -0.05) is 78.5 Å². The highest BCUT2D eigenvalue weighted by Crippen LogP contribution is 2.18. The molecule has 0 radical (unpaired) electrons. The number of nitrogens with zero attached hydrogens (tertiary/aromatic N) is 3. The molecule has 30 heavy (non-hydrogen) atoms. The number of carbonyl (C=O) groups is 1. The Morgan fingerprint density at radius 2 is 1.60 bits per heavy atom. The van der Waals surface area contributed by atoms with E-state index in [2.05, 4.69) is 21.2 Å². The van der Waals surface area contributed by atoms with Gasteiger partial charge in [0, 0.05) is 24.4 Å². The van der Waals surface area contributed by atoms with Gasteiger partial charge < -0.3 is 4.90 Å². The summed E-state index contributed by atoms with van der Waals surface area (Å²) in [7, 11) is 0. The van der Waals surface area contributed by atoms with Crippen molar-refractivity contribution in [1.29, 1.82) is 0 Å². The summed E-state index contributed by atoms with van der Waals surface area (Å²) >= 11 is 3.07. The third-order valence-corrected chi connectivity index (χ3v) is 6.25. The fourth-order valence-corrected chi connectivity index (χ4v) is 4.49. The summed E-state index contributed by atoms with van der Waals surface area (Å²) < 4.78 is 0. The van der Waals surface area contributed by atoms with Gasteiger partial charge in [-0.3, -0.25) is 9.89 Å². The smallest absolute Gasteiger partial charge is 0.233 e. The lowest BCUT2D eigenvalue weighted by Crippen LogP contribution is -2.31. The van der Waals surface area contributed by atoms with Crippen LogP contribution in [0, 0.1) is 0 Å². The van der Waals surface area contributed by atoms with E-state index in [-0.39, 0.29) is 5.91 Å². The molecule has 2 aromatic heterocycles. The Hall–Kier alpha value is -2.90. The van der Waals surface area contributed by atoms with Crippen molar-refractivity contribution in [2.45, 2.75) is 24.7 Å². The largest absolute Gasteiger partial charge is 0.333 e. The van der Waals surface area contributed by atoms with Crippen LogP contribution >= 0.6 is 23.1 Å². The maximum atomic E-state index is 13.0. The summed E-state index contributed by atoms with van der Waals surface area (Å²) in [6, 6.07) is 24.3. The number of hydrogen-bond acceptors (Lipinski definition) is 5. The number of benzene rings is 2. The Kier molecular flexibility index (Phi) is 6.95. The summed E-state index contributed by atoms with van der Waals surface area (Å²) in [5, 5.41) is 9.89. The molecule has 0 aliphatic rings. The molecule has 5 nitrogen and oxygen atoms in total. The van der Waals surface area contributed by atoms with E-state index in [0.29, 0.717) is 24.0 Å². The summed E-state index contributed by atoms with van der Waals surface area (Å²) in [6.45, 7) is 1.15. The van der Waals surface area contributed by atoms with Gasteiger partial charge >= 0.3 is 0 Å². The van der Waals surface area contributed by atoms with Gasteiger partial charge in [-0.15, -0.1) is 16.4 Å². The minimum atomic E-state index is 0.0670. The molecule has 152 valence electrons. The number of H-pyrrole nitrogens is 1. The fraction of sp³-hybridized carbons (Fsp3) is 0.174. The molecule has 7 heteroatoms.